The van der Waals surface area contributed by atoms with Gasteiger partial charge in [-0.25, -0.2) is 0 Å². The molecule has 0 atom stereocenters. The number of benzene rings is 1. The molecule has 6 nitrogen and oxygen atoms in total. The molecule has 1 fully saturated rings. The average molecular weight is 400 g/mol. The maximum absolute atomic E-state index is 12.3. The van der Waals surface area contributed by atoms with Crippen LogP contribution in [0.25, 0.3) is 6.08 Å². The lowest BCUT2D eigenvalue weighted by molar-refractivity contribution is -0.142. The number of methoxy groups -OCH3 is 2. The van der Waals surface area contributed by atoms with Gasteiger partial charge in [-0.05, 0) is 36.6 Å². The third kappa shape index (κ3) is 6.17. The molecule has 1 aromatic rings. The van der Waals surface area contributed by atoms with Gasteiger partial charge in [0.2, 0.25) is 11.8 Å². The van der Waals surface area contributed by atoms with E-state index in [0.717, 1.165) is 5.56 Å². The van der Waals surface area contributed by atoms with Crippen LogP contribution in [0.1, 0.15) is 18.4 Å². The number of hydrogen-bond donors (Lipinski definition) is 1. The number of likely N-dealkylation sites (tertiary alicyclic amines) is 1. The van der Waals surface area contributed by atoms with Crippen molar-refractivity contribution in [3.8, 4) is 11.5 Å². The lowest BCUT2D eigenvalue weighted by Gasteiger charge is -2.30. The second kappa shape index (κ2) is 9.48. The summed E-state index contributed by atoms with van der Waals surface area (Å²) in [4.78, 5) is 25.7. The molecule has 9 heteroatoms. The summed E-state index contributed by atoms with van der Waals surface area (Å²) in [5.41, 5.74) is 0.757. The summed E-state index contributed by atoms with van der Waals surface area (Å²) in [6, 6.07) is 5.25. The van der Waals surface area contributed by atoms with Crippen molar-refractivity contribution >= 4 is 17.9 Å². The number of rotatable bonds is 6. The van der Waals surface area contributed by atoms with Crippen LogP contribution in [-0.4, -0.2) is 56.7 Å². The normalized spacial score (nSPS) is 15.5. The van der Waals surface area contributed by atoms with E-state index in [-0.39, 0.29) is 5.91 Å². The molecule has 0 spiro atoms. The summed E-state index contributed by atoms with van der Waals surface area (Å²) < 4.78 is 46.9. The first-order valence-corrected chi connectivity index (χ1v) is 8.77. The van der Waals surface area contributed by atoms with Gasteiger partial charge in [0.1, 0.15) is 6.54 Å². The van der Waals surface area contributed by atoms with Crippen molar-refractivity contribution in [1.82, 2.24) is 10.2 Å². The maximum atomic E-state index is 12.3. The van der Waals surface area contributed by atoms with Crippen molar-refractivity contribution in [2.75, 3.05) is 33.9 Å². The highest BCUT2D eigenvalue weighted by Crippen LogP contribution is 2.28. The Kier molecular flexibility index (Phi) is 7.31. The van der Waals surface area contributed by atoms with E-state index in [4.69, 9.17) is 9.47 Å². The van der Waals surface area contributed by atoms with Gasteiger partial charge >= 0.3 is 6.18 Å². The van der Waals surface area contributed by atoms with Gasteiger partial charge in [0, 0.05) is 25.1 Å². The van der Waals surface area contributed by atoms with Gasteiger partial charge in [-0.2, -0.15) is 13.2 Å². The maximum Gasteiger partial charge on any atom is 0.405 e. The number of amides is 2. The Labute approximate surface area is 161 Å². The van der Waals surface area contributed by atoms with E-state index in [0.29, 0.717) is 37.4 Å². The van der Waals surface area contributed by atoms with E-state index in [9.17, 15) is 22.8 Å². The fourth-order valence-corrected chi connectivity index (χ4v) is 2.92. The standard InChI is InChI=1S/C19H23F3N2O4/c1-27-15-5-3-13(11-16(15)28-2)4-6-17(25)24-9-7-14(8-10-24)18(26)23-12-19(20,21)22/h3-6,11,14H,7-10,12H2,1-2H3,(H,23,26)/b6-4+. The Morgan fingerprint density at radius 2 is 1.82 bits per heavy atom. The number of nitrogens with zero attached hydrogens (tertiary/aromatic N) is 1. The smallest absolute Gasteiger partial charge is 0.405 e. The number of nitrogens with one attached hydrogen (secondary N) is 1. The topological polar surface area (TPSA) is 67.9 Å². The van der Waals surface area contributed by atoms with E-state index >= 15 is 0 Å². The third-order valence-electron chi connectivity index (χ3n) is 4.47. The van der Waals surface area contributed by atoms with Crippen molar-refractivity contribution in [2.45, 2.75) is 19.0 Å². The van der Waals surface area contributed by atoms with Crippen molar-refractivity contribution in [3.05, 3.63) is 29.8 Å². The molecule has 0 saturated carbocycles. The third-order valence-corrected chi connectivity index (χ3v) is 4.47. The molecule has 0 aliphatic carbocycles. The second-order valence-corrected chi connectivity index (χ2v) is 6.38. The van der Waals surface area contributed by atoms with Crippen LogP contribution in [0.4, 0.5) is 13.2 Å². The molecule has 1 aromatic carbocycles. The minimum atomic E-state index is -4.43. The van der Waals surface area contributed by atoms with Crippen LogP contribution in [0.15, 0.2) is 24.3 Å². The molecule has 1 heterocycles. The van der Waals surface area contributed by atoms with E-state index in [1.54, 1.807) is 29.2 Å². The van der Waals surface area contributed by atoms with Gasteiger partial charge in [0.05, 0.1) is 14.2 Å². The van der Waals surface area contributed by atoms with Crippen LogP contribution in [0, 0.1) is 5.92 Å². The number of carbonyl (C=O) groups excluding carboxylic acids is 2. The van der Waals surface area contributed by atoms with Crippen molar-refractivity contribution in [3.63, 3.8) is 0 Å². The zero-order valence-electron chi connectivity index (χ0n) is 15.7. The zero-order valence-corrected chi connectivity index (χ0v) is 15.7. The first-order valence-electron chi connectivity index (χ1n) is 8.77. The molecule has 1 aliphatic rings. The molecular weight excluding hydrogens is 377 g/mol. The van der Waals surface area contributed by atoms with Gasteiger partial charge in [-0.1, -0.05) is 6.07 Å². The van der Waals surface area contributed by atoms with Crippen LogP contribution in [0.2, 0.25) is 0 Å². The lowest BCUT2D eigenvalue weighted by Crippen LogP contribution is -2.44. The molecule has 28 heavy (non-hydrogen) atoms. The number of carbonyl (C=O) groups is 2. The van der Waals surface area contributed by atoms with Gasteiger partial charge in [0.25, 0.3) is 0 Å². The number of alkyl halides is 3. The predicted octanol–water partition coefficient (Wildman–Crippen LogP) is 2.63. The summed E-state index contributed by atoms with van der Waals surface area (Å²) in [7, 11) is 3.05. The van der Waals surface area contributed by atoms with Gasteiger partial charge in [-0.3, -0.25) is 9.59 Å². The highest BCUT2D eigenvalue weighted by atomic mass is 19.4. The Morgan fingerprint density at radius 1 is 1.18 bits per heavy atom. The summed E-state index contributed by atoms with van der Waals surface area (Å²) >= 11 is 0. The number of piperidine rings is 1. The van der Waals surface area contributed by atoms with Crippen molar-refractivity contribution in [2.24, 2.45) is 5.92 Å². The van der Waals surface area contributed by atoms with Crippen LogP contribution in [-0.2, 0) is 9.59 Å². The molecule has 1 N–H and O–H groups in total. The van der Waals surface area contributed by atoms with Gasteiger partial charge in [0.15, 0.2) is 11.5 Å². The van der Waals surface area contributed by atoms with Crippen molar-refractivity contribution in [1.29, 1.82) is 0 Å². The Hall–Kier alpha value is -2.71. The second-order valence-electron chi connectivity index (χ2n) is 6.38. The molecule has 2 rings (SSSR count). The van der Waals surface area contributed by atoms with E-state index in [2.05, 4.69) is 0 Å². The lowest BCUT2D eigenvalue weighted by atomic mass is 9.96. The first-order chi connectivity index (χ1) is 13.2. The predicted molar refractivity (Wildman–Crippen MR) is 96.9 cm³/mol. The fraction of sp³-hybridized carbons (Fsp3) is 0.474. The highest BCUT2D eigenvalue weighted by molar-refractivity contribution is 5.92. The van der Waals surface area contributed by atoms with Crippen LogP contribution < -0.4 is 14.8 Å². The monoisotopic (exact) mass is 400 g/mol. The minimum absolute atomic E-state index is 0.219. The van der Waals surface area contributed by atoms with Gasteiger partial charge in [-0.15, -0.1) is 0 Å². The molecule has 1 saturated heterocycles. The van der Waals surface area contributed by atoms with Crippen LogP contribution in [0.3, 0.4) is 0 Å². The first kappa shape index (κ1) is 21.6. The van der Waals surface area contributed by atoms with E-state index in [1.807, 2.05) is 5.32 Å². The van der Waals surface area contributed by atoms with Crippen molar-refractivity contribution < 1.29 is 32.2 Å². The zero-order chi connectivity index (χ0) is 20.7. The molecule has 0 bridgehead atoms. The summed E-state index contributed by atoms with van der Waals surface area (Å²) in [5.74, 6) is -0.227. The Balaban J connectivity index is 1.86. The number of hydrogen-bond acceptors (Lipinski definition) is 4. The van der Waals surface area contributed by atoms with E-state index < -0.39 is 24.5 Å². The quantitative estimate of drug-likeness (QED) is 0.746. The fourth-order valence-electron chi connectivity index (χ4n) is 2.92. The van der Waals surface area contributed by atoms with Crippen LogP contribution in [0.5, 0.6) is 11.5 Å². The minimum Gasteiger partial charge on any atom is -0.493 e. The highest BCUT2D eigenvalue weighted by Gasteiger charge is 2.31. The SMILES string of the molecule is COc1ccc(/C=C/C(=O)N2CCC(C(=O)NCC(F)(F)F)CC2)cc1OC. The van der Waals surface area contributed by atoms with Crippen LogP contribution >= 0.6 is 0 Å². The molecule has 0 radical (unpaired) electrons. The summed E-state index contributed by atoms with van der Waals surface area (Å²) in [5, 5.41) is 1.90. The Morgan fingerprint density at radius 3 is 2.39 bits per heavy atom. The molecule has 0 unspecified atom stereocenters. The molecule has 2 amide bonds. The summed E-state index contributed by atoms with van der Waals surface area (Å²) in [6.45, 7) is -0.697. The number of ether oxygens (including phenoxy) is 2. The van der Waals surface area contributed by atoms with Gasteiger partial charge < -0.3 is 19.7 Å². The largest absolute Gasteiger partial charge is 0.493 e. The number of halogens is 3. The molecule has 154 valence electrons. The van der Waals surface area contributed by atoms with E-state index in [1.165, 1.54) is 20.3 Å². The summed E-state index contributed by atoms with van der Waals surface area (Å²) in [6.07, 6.45) is -0.696. The molecule has 0 aromatic heterocycles. The Bertz CT molecular complexity index is 726. The molecular formula is C19H23F3N2O4. The molecule has 1 aliphatic heterocycles. The average Bonchev–Trinajstić information content (AvgIpc) is 2.69.